The van der Waals surface area contributed by atoms with Crippen LogP contribution >= 0.6 is 22.6 Å². The van der Waals surface area contributed by atoms with Gasteiger partial charge >= 0.3 is 0 Å². The molecule has 0 N–H and O–H groups in total. The molecule has 3 aromatic rings. The molecule has 1 aliphatic heterocycles. The SMILES string of the molecule is O=C1C2C3C=CC(C3)C2C(=O)N1N=Cc1cn(Cc2ccc(I)cc2)c2ccccc12. The third-order valence-electron chi connectivity index (χ3n) is 6.84. The number of amides is 2. The molecule has 2 aromatic carbocycles. The van der Waals surface area contributed by atoms with E-state index in [-0.39, 0.29) is 35.5 Å². The molecule has 31 heavy (non-hydrogen) atoms. The van der Waals surface area contributed by atoms with Crippen molar-refractivity contribution in [2.75, 3.05) is 0 Å². The number of allylic oxidation sites excluding steroid dienone is 2. The first-order chi connectivity index (χ1) is 15.1. The Morgan fingerprint density at radius 2 is 1.65 bits per heavy atom. The van der Waals surface area contributed by atoms with Crippen LogP contribution in [-0.4, -0.2) is 27.6 Å². The fraction of sp³-hybridized carbons (Fsp3) is 0.240. The van der Waals surface area contributed by atoms with Crippen molar-refractivity contribution in [2.45, 2.75) is 13.0 Å². The highest BCUT2D eigenvalue weighted by atomic mass is 127. The van der Waals surface area contributed by atoms with E-state index in [1.165, 1.54) is 9.13 Å². The van der Waals surface area contributed by atoms with Gasteiger partial charge in [-0.05, 0) is 64.6 Å². The number of imide groups is 1. The maximum Gasteiger partial charge on any atom is 0.254 e. The second-order valence-electron chi connectivity index (χ2n) is 8.59. The number of hydrazone groups is 1. The molecule has 1 aromatic heterocycles. The molecule has 4 atom stereocenters. The van der Waals surface area contributed by atoms with E-state index in [1.54, 1.807) is 6.21 Å². The Morgan fingerprint density at radius 1 is 0.968 bits per heavy atom. The minimum absolute atomic E-state index is 0.147. The third-order valence-corrected chi connectivity index (χ3v) is 7.56. The number of rotatable bonds is 4. The number of carbonyl (C=O) groups excluding carboxylic acids is 2. The maximum absolute atomic E-state index is 12.9. The van der Waals surface area contributed by atoms with E-state index in [2.05, 4.69) is 74.7 Å². The average molecular weight is 521 g/mol. The molecule has 1 saturated carbocycles. The summed E-state index contributed by atoms with van der Waals surface area (Å²) >= 11 is 2.31. The highest BCUT2D eigenvalue weighted by Gasteiger charge is 2.59. The highest BCUT2D eigenvalue weighted by Crippen LogP contribution is 2.52. The molecule has 2 heterocycles. The summed E-state index contributed by atoms with van der Waals surface area (Å²) in [6.45, 7) is 0.742. The first-order valence-electron chi connectivity index (χ1n) is 10.5. The van der Waals surface area contributed by atoms with Crippen LogP contribution < -0.4 is 0 Å². The second-order valence-corrected chi connectivity index (χ2v) is 9.83. The Hall–Kier alpha value is -2.74. The quantitative estimate of drug-likeness (QED) is 0.221. The van der Waals surface area contributed by atoms with Crippen LogP contribution in [0.4, 0.5) is 0 Å². The molecule has 6 rings (SSSR count). The first-order valence-corrected chi connectivity index (χ1v) is 11.6. The summed E-state index contributed by atoms with van der Waals surface area (Å²) in [6.07, 6.45) is 8.84. The van der Waals surface area contributed by atoms with E-state index in [1.807, 2.05) is 24.4 Å². The fourth-order valence-electron chi connectivity index (χ4n) is 5.42. The van der Waals surface area contributed by atoms with Crippen molar-refractivity contribution in [2.24, 2.45) is 28.8 Å². The number of nitrogens with zero attached hydrogens (tertiary/aromatic N) is 3. The van der Waals surface area contributed by atoms with Crippen molar-refractivity contribution < 1.29 is 9.59 Å². The number of carbonyl (C=O) groups is 2. The van der Waals surface area contributed by atoms with Crippen molar-refractivity contribution in [1.82, 2.24) is 9.58 Å². The van der Waals surface area contributed by atoms with Crippen molar-refractivity contribution in [1.29, 1.82) is 0 Å². The Morgan fingerprint density at radius 3 is 2.35 bits per heavy atom. The largest absolute Gasteiger partial charge is 0.342 e. The molecule has 0 spiro atoms. The van der Waals surface area contributed by atoms with Gasteiger partial charge in [-0.2, -0.15) is 10.1 Å². The topological polar surface area (TPSA) is 54.7 Å². The van der Waals surface area contributed by atoms with Crippen molar-refractivity contribution in [3.8, 4) is 0 Å². The summed E-state index contributed by atoms with van der Waals surface area (Å²) in [5, 5.41) is 6.56. The Labute approximate surface area is 193 Å². The minimum atomic E-state index is -0.220. The van der Waals surface area contributed by atoms with Gasteiger partial charge in [0.1, 0.15) is 0 Å². The summed E-state index contributed by atoms with van der Waals surface area (Å²) in [7, 11) is 0. The minimum Gasteiger partial charge on any atom is -0.342 e. The molecular formula is C25H20IN3O2. The van der Waals surface area contributed by atoms with E-state index >= 15 is 0 Å². The Bertz CT molecular complexity index is 1240. The van der Waals surface area contributed by atoms with Crippen LogP contribution in [0.25, 0.3) is 10.9 Å². The summed E-state index contributed by atoms with van der Waals surface area (Å²) in [5.74, 6) is -0.342. The van der Waals surface area contributed by atoms with Crippen molar-refractivity contribution >= 4 is 51.5 Å². The lowest BCUT2D eigenvalue weighted by Gasteiger charge is -2.13. The number of aromatic nitrogens is 1. The van der Waals surface area contributed by atoms with E-state index < -0.39 is 0 Å². The van der Waals surface area contributed by atoms with Crippen molar-refractivity contribution in [3.05, 3.63) is 81.6 Å². The van der Waals surface area contributed by atoms with Crippen molar-refractivity contribution in [3.63, 3.8) is 0 Å². The summed E-state index contributed by atoms with van der Waals surface area (Å²) in [4.78, 5) is 25.8. The van der Waals surface area contributed by atoms with Crippen LogP contribution in [-0.2, 0) is 16.1 Å². The molecule has 2 bridgehead atoms. The number of fused-ring (bicyclic) bond motifs is 6. The standard InChI is InChI=1S/C25H20IN3O2/c26-19-9-5-15(6-10-19)13-28-14-18(20-3-1-2-4-21(20)28)12-27-29-24(30)22-16-7-8-17(11-16)23(22)25(29)31/h1-10,12,14,16-17,22-23H,11,13H2. The van der Waals surface area contributed by atoms with Gasteiger partial charge in [0.25, 0.3) is 11.8 Å². The van der Waals surface area contributed by atoms with Gasteiger partial charge in [0.05, 0.1) is 18.1 Å². The van der Waals surface area contributed by atoms with Crippen LogP contribution in [0.3, 0.4) is 0 Å². The second kappa shape index (κ2) is 7.15. The molecule has 2 aliphatic carbocycles. The number of para-hydroxylation sites is 1. The molecule has 154 valence electrons. The molecule has 6 heteroatoms. The lowest BCUT2D eigenvalue weighted by atomic mass is 9.85. The van der Waals surface area contributed by atoms with Gasteiger partial charge in [0, 0.05) is 32.8 Å². The Balaban J connectivity index is 1.31. The first kappa shape index (κ1) is 19.0. The van der Waals surface area contributed by atoms with Gasteiger partial charge in [-0.15, -0.1) is 0 Å². The van der Waals surface area contributed by atoms with Crippen LogP contribution in [0.1, 0.15) is 17.5 Å². The average Bonchev–Trinajstić information content (AvgIpc) is 3.53. The van der Waals surface area contributed by atoms with Crippen LogP contribution in [0.5, 0.6) is 0 Å². The van der Waals surface area contributed by atoms with Crippen LogP contribution in [0.2, 0.25) is 0 Å². The summed E-state index contributed by atoms with van der Waals surface area (Å²) in [5.41, 5.74) is 3.21. The number of benzene rings is 2. The molecule has 1 saturated heterocycles. The van der Waals surface area contributed by atoms with Gasteiger partial charge < -0.3 is 4.57 Å². The smallest absolute Gasteiger partial charge is 0.254 e. The maximum atomic E-state index is 12.9. The van der Waals surface area contributed by atoms with E-state index in [4.69, 9.17) is 0 Å². The normalized spacial score (nSPS) is 26.7. The zero-order valence-electron chi connectivity index (χ0n) is 16.7. The predicted molar refractivity (Wildman–Crippen MR) is 127 cm³/mol. The number of hydrogen-bond donors (Lipinski definition) is 0. The van der Waals surface area contributed by atoms with Gasteiger partial charge in [0.15, 0.2) is 0 Å². The zero-order valence-corrected chi connectivity index (χ0v) is 18.8. The fourth-order valence-corrected chi connectivity index (χ4v) is 5.78. The number of halogens is 1. The predicted octanol–water partition coefficient (Wildman–Crippen LogP) is 4.44. The van der Waals surface area contributed by atoms with Gasteiger partial charge in [0.2, 0.25) is 0 Å². The van der Waals surface area contributed by atoms with Crippen LogP contribution in [0.15, 0.2) is 72.0 Å². The molecule has 3 aliphatic rings. The third kappa shape index (κ3) is 2.99. The lowest BCUT2D eigenvalue weighted by molar-refractivity contribution is -0.140. The molecular weight excluding hydrogens is 501 g/mol. The molecule has 2 amide bonds. The van der Waals surface area contributed by atoms with Crippen LogP contribution in [0, 0.1) is 27.2 Å². The summed E-state index contributed by atoms with van der Waals surface area (Å²) in [6, 6.07) is 16.6. The lowest BCUT2D eigenvalue weighted by Crippen LogP contribution is -2.28. The highest BCUT2D eigenvalue weighted by molar-refractivity contribution is 14.1. The summed E-state index contributed by atoms with van der Waals surface area (Å²) < 4.78 is 3.39. The molecule has 0 radical (unpaired) electrons. The van der Waals surface area contributed by atoms with E-state index in [0.29, 0.717) is 0 Å². The van der Waals surface area contributed by atoms with Gasteiger partial charge in [-0.3, -0.25) is 9.59 Å². The van der Waals surface area contributed by atoms with E-state index in [0.717, 1.165) is 34.4 Å². The Kier molecular flexibility index (Phi) is 4.38. The molecule has 2 fully saturated rings. The van der Waals surface area contributed by atoms with Gasteiger partial charge in [-0.1, -0.05) is 42.5 Å². The van der Waals surface area contributed by atoms with Gasteiger partial charge in [-0.25, -0.2) is 0 Å². The molecule has 5 nitrogen and oxygen atoms in total. The van der Waals surface area contributed by atoms with E-state index in [9.17, 15) is 9.59 Å². The monoisotopic (exact) mass is 521 g/mol. The zero-order chi connectivity index (χ0) is 21.1. The number of hydrogen-bond acceptors (Lipinski definition) is 3. The molecule has 4 unspecified atom stereocenters.